The summed E-state index contributed by atoms with van der Waals surface area (Å²) in [6.07, 6.45) is 1.94. The predicted octanol–water partition coefficient (Wildman–Crippen LogP) is 9.69. The lowest BCUT2D eigenvalue weighted by atomic mass is 9.82. The molecule has 5 rings (SSSR count). The largest absolute Gasteiger partial charge is 0.455 e. The molecule has 34 heavy (non-hydrogen) atoms. The topological polar surface area (TPSA) is 26.0 Å². The minimum absolute atomic E-state index is 0.432. The van der Waals surface area contributed by atoms with Gasteiger partial charge in [0.15, 0.2) is 0 Å². The van der Waals surface area contributed by atoms with Crippen LogP contribution in [0.1, 0.15) is 76.0 Å². The number of benzene rings is 3. The molecule has 0 aliphatic rings. The maximum Gasteiger partial charge on any atom is 0.144 e. The lowest BCUT2D eigenvalue weighted by molar-refractivity contribution is 0.670. The van der Waals surface area contributed by atoms with Crippen LogP contribution in [0.15, 0.2) is 77.3 Å². The van der Waals surface area contributed by atoms with Gasteiger partial charge in [-0.1, -0.05) is 84.0 Å². The van der Waals surface area contributed by atoms with E-state index in [1.165, 1.54) is 27.8 Å². The first-order valence-corrected chi connectivity index (χ1v) is 12.4. The first kappa shape index (κ1) is 22.4. The minimum Gasteiger partial charge on any atom is -0.455 e. The summed E-state index contributed by atoms with van der Waals surface area (Å²) < 4.78 is 6.31. The third kappa shape index (κ3) is 3.81. The van der Waals surface area contributed by atoms with Crippen molar-refractivity contribution in [1.82, 2.24) is 4.98 Å². The molecule has 0 radical (unpaired) electrons. The van der Waals surface area contributed by atoms with Crippen LogP contribution in [-0.2, 0) is 0 Å². The summed E-state index contributed by atoms with van der Waals surface area (Å²) in [6.45, 7) is 13.7. The molecule has 0 saturated heterocycles. The highest BCUT2D eigenvalue weighted by molar-refractivity contribution is 6.09. The van der Waals surface area contributed by atoms with E-state index in [0.717, 1.165) is 33.2 Å². The highest BCUT2D eigenvalue weighted by Gasteiger charge is 2.20. The molecule has 0 N–H and O–H groups in total. The Kier molecular flexibility index (Phi) is 5.77. The fraction of sp³-hybridized carbons (Fsp3) is 0.281. The molecule has 0 atom stereocenters. The van der Waals surface area contributed by atoms with Crippen molar-refractivity contribution < 1.29 is 4.42 Å². The average Bonchev–Trinajstić information content (AvgIpc) is 3.22. The Morgan fingerprint density at radius 1 is 0.676 bits per heavy atom. The van der Waals surface area contributed by atoms with E-state index < -0.39 is 0 Å². The van der Waals surface area contributed by atoms with E-state index in [9.17, 15) is 0 Å². The van der Waals surface area contributed by atoms with E-state index in [2.05, 4.69) is 96.1 Å². The Morgan fingerprint density at radius 2 is 1.35 bits per heavy atom. The summed E-state index contributed by atoms with van der Waals surface area (Å²) in [7, 11) is 0. The summed E-state index contributed by atoms with van der Waals surface area (Å²) in [6, 6.07) is 23.8. The van der Waals surface area contributed by atoms with Gasteiger partial charge in [0.25, 0.3) is 0 Å². The second-order valence-corrected chi connectivity index (χ2v) is 10.2. The van der Waals surface area contributed by atoms with Crippen molar-refractivity contribution in [3.8, 4) is 22.4 Å². The highest BCUT2D eigenvalue weighted by atomic mass is 16.3. The number of rotatable bonds is 5. The molecule has 2 heterocycles. The van der Waals surface area contributed by atoms with Crippen molar-refractivity contribution in [2.75, 3.05) is 0 Å². The van der Waals surface area contributed by atoms with Crippen molar-refractivity contribution >= 4 is 21.9 Å². The van der Waals surface area contributed by atoms with Crippen molar-refractivity contribution in [2.24, 2.45) is 0 Å². The molecule has 0 spiro atoms. The standard InChI is InChI=1S/C32H33NO/c1-19(2)23-16-27(20(3)4)31(28(17-23)21(5)6)22-14-15-33-29(18-22)26-12-9-11-25-24-10-7-8-13-30(24)34-32(25)26/h7-21H,1-6H3. The van der Waals surface area contributed by atoms with Crippen molar-refractivity contribution in [2.45, 2.75) is 59.3 Å². The second kappa shape index (κ2) is 8.76. The maximum absolute atomic E-state index is 6.31. The number of fused-ring (bicyclic) bond motifs is 3. The Bertz CT molecular complexity index is 1460. The smallest absolute Gasteiger partial charge is 0.144 e. The SMILES string of the molecule is CC(C)c1cc(C(C)C)c(-c2ccnc(-c3cccc4c3oc3ccccc34)c2)c(C(C)C)c1. The van der Waals surface area contributed by atoms with Crippen molar-refractivity contribution in [3.63, 3.8) is 0 Å². The number of hydrogen-bond donors (Lipinski definition) is 0. The van der Waals surface area contributed by atoms with Gasteiger partial charge in [0, 0.05) is 22.5 Å². The Balaban J connectivity index is 1.74. The monoisotopic (exact) mass is 447 g/mol. The van der Waals surface area contributed by atoms with Gasteiger partial charge in [-0.15, -0.1) is 0 Å². The van der Waals surface area contributed by atoms with E-state index in [-0.39, 0.29) is 0 Å². The molecule has 3 aromatic carbocycles. The van der Waals surface area contributed by atoms with Crippen LogP contribution >= 0.6 is 0 Å². The maximum atomic E-state index is 6.31. The summed E-state index contributed by atoms with van der Waals surface area (Å²) in [4.78, 5) is 4.79. The zero-order chi connectivity index (χ0) is 24.0. The van der Waals surface area contributed by atoms with E-state index in [0.29, 0.717) is 17.8 Å². The fourth-order valence-corrected chi connectivity index (χ4v) is 4.97. The van der Waals surface area contributed by atoms with E-state index in [1.807, 2.05) is 18.3 Å². The zero-order valence-corrected chi connectivity index (χ0v) is 21.0. The molecular formula is C32H33NO. The molecular weight excluding hydrogens is 414 g/mol. The van der Waals surface area contributed by atoms with Crippen LogP contribution in [0.5, 0.6) is 0 Å². The predicted molar refractivity (Wildman–Crippen MR) is 145 cm³/mol. The number of aromatic nitrogens is 1. The van der Waals surface area contributed by atoms with Crippen molar-refractivity contribution in [1.29, 1.82) is 0 Å². The lowest BCUT2D eigenvalue weighted by Crippen LogP contribution is -2.04. The molecule has 2 heteroatoms. The average molecular weight is 448 g/mol. The van der Waals surface area contributed by atoms with Crippen LogP contribution < -0.4 is 0 Å². The molecule has 0 bridgehead atoms. The Morgan fingerprint density at radius 3 is 2.03 bits per heavy atom. The van der Waals surface area contributed by atoms with Gasteiger partial charge in [-0.25, -0.2) is 0 Å². The normalized spacial score (nSPS) is 12.0. The molecule has 5 aromatic rings. The molecule has 0 fully saturated rings. The summed E-state index contributed by atoms with van der Waals surface area (Å²) in [5.74, 6) is 1.37. The van der Waals surface area contributed by atoms with Crippen LogP contribution in [0.4, 0.5) is 0 Å². The zero-order valence-electron chi connectivity index (χ0n) is 21.0. The molecule has 0 aliphatic heterocycles. The van der Waals surface area contributed by atoms with Gasteiger partial charge in [-0.2, -0.15) is 0 Å². The summed E-state index contributed by atoms with van der Waals surface area (Å²) >= 11 is 0. The number of hydrogen-bond acceptors (Lipinski definition) is 2. The van der Waals surface area contributed by atoms with Gasteiger partial charge in [-0.3, -0.25) is 4.98 Å². The first-order chi connectivity index (χ1) is 16.3. The molecule has 2 nitrogen and oxygen atoms in total. The second-order valence-electron chi connectivity index (χ2n) is 10.2. The molecule has 0 unspecified atom stereocenters. The van der Waals surface area contributed by atoms with E-state index >= 15 is 0 Å². The van der Waals surface area contributed by atoms with Crippen molar-refractivity contribution in [3.05, 3.63) is 89.6 Å². The minimum atomic E-state index is 0.432. The third-order valence-corrected chi connectivity index (χ3v) is 6.86. The molecule has 0 aliphatic carbocycles. The fourth-order valence-electron chi connectivity index (χ4n) is 4.97. The van der Waals surface area contributed by atoms with Gasteiger partial charge in [0.1, 0.15) is 11.2 Å². The van der Waals surface area contributed by atoms with Gasteiger partial charge in [-0.05, 0) is 69.8 Å². The van der Waals surface area contributed by atoms with Crippen LogP contribution in [0.25, 0.3) is 44.3 Å². The van der Waals surface area contributed by atoms with Crippen LogP contribution in [0.2, 0.25) is 0 Å². The molecule has 172 valence electrons. The Labute approximate surface area is 202 Å². The molecule has 0 saturated carbocycles. The van der Waals surface area contributed by atoms with Gasteiger partial charge in [0.2, 0.25) is 0 Å². The molecule has 0 amide bonds. The van der Waals surface area contributed by atoms with Crippen LogP contribution in [0, 0.1) is 0 Å². The van der Waals surface area contributed by atoms with Gasteiger partial charge < -0.3 is 4.42 Å². The first-order valence-electron chi connectivity index (χ1n) is 12.4. The summed E-state index contributed by atoms with van der Waals surface area (Å²) in [5.41, 5.74) is 10.6. The Hall–Kier alpha value is -3.39. The van der Waals surface area contributed by atoms with E-state index in [4.69, 9.17) is 9.40 Å². The van der Waals surface area contributed by atoms with Gasteiger partial charge >= 0.3 is 0 Å². The summed E-state index contributed by atoms with van der Waals surface area (Å²) in [5, 5.41) is 2.27. The lowest BCUT2D eigenvalue weighted by Gasteiger charge is -2.23. The third-order valence-electron chi connectivity index (χ3n) is 6.86. The number of nitrogens with zero attached hydrogens (tertiary/aromatic N) is 1. The number of para-hydroxylation sites is 2. The number of pyridine rings is 1. The van der Waals surface area contributed by atoms with Crippen LogP contribution in [0.3, 0.4) is 0 Å². The van der Waals surface area contributed by atoms with E-state index in [1.54, 1.807) is 0 Å². The highest BCUT2D eigenvalue weighted by Crippen LogP contribution is 2.41. The van der Waals surface area contributed by atoms with Gasteiger partial charge in [0.05, 0.1) is 5.69 Å². The molecule has 2 aromatic heterocycles. The van der Waals surface area contributed by atoms with Crippen LogP contribution in [-0.4, -0.2) is 4.98 Å². The number of furan rings is 1. The quantitative estimate of drug-likeness (QED) is 0.268.